The average Bonchev–Trinajstić information content (AvgIpc) is 2.00. The summed E-state index contributed by atoms with van der Waals surface area (Å²) in [6.07, 6.45) is 0.242. The van der Waals surface area contributed by atoms with Gasteiger partial charge in [-0.15, -0.1) is 6.58 Å². The van der Waals surface area contributed by atoms with E-state index < -0.39 is 22.0 Å². The second-order valence-electron chi connectivity index (χ2n) is 2.19. The van der Waals surface area contributed by atoms with Gasteiger partial charge in [-0.3, -0.25) is 4.18 Å². The van der Waals surface area contributed by atoms with Crippen molar-refractivity contribution in [2.75, 3.05) is 18.9 Å². The van der Waals surface area contributed by atoms with Gasteiger partial charge in [0.2, 0.25) is 0 Å². The molecule has 1 unspecified atom stereocenters. The van der Waals surface area contributed by atoms with Crippen molar-refractivity contribution in [2.45, 2.75) is 6.10 Å². The molecule has 0 amide bonds. The smallest absolute Gasteiger partial charge is 1.00 e. The summed E-state index contributed by atoms with van der Waals surface area (Å²) in [6, 6.07) is 0. The maximum Gasteiger partial charge on any atom is 1.00 e. The molecule has 0 rings (SSSR count). The first-order chi connectivity index (χ1) is 5.52. The normalized spacial score (nSPS) is 13.1. The van der Waals surface area contributed by atoms with E-state index in [1.807, 2.05) is 0 Å². The summed E-state index contributed by atoms with van der Waals surface area (Å²) < 4.78 is 26.1. The van der Waals surface area contributed by atoms with E-state index in [2.05, 4.69) is 10.8 Å². The first kappa shape index (κ1) is 16.0. The fourth-order valence-corrected chi connectivity index (χ4v) is 1.51. The fourth-order valence-electron chi connectivity index (χ4n) is 0.504. The van der Waals surface area contributed by atoms with Gasteiger partial charge in [0.25, 0.3) is 10.1 Å². The van der Waals surface area contributed by atoms with Crippen LogP contribution < -0.4 is 35.3 Å². The van der Waals surface area contributed by atoms with Crippen molar-refractivity contribution < 1.29 is 48.7 Å². The third kappa shape index (κ3) is 8.89. The summed E-state index contributed by atoms with van der Waals surface area (Å²) >= 11 is 0. The van der Waals surface area contributed by atoms with Gasteiger partial charge in [-0.2, -0.15) is 8.42 Å². The molecule has 0 saturated heterocycles. The summed E-state index contributed by atoms with van der Waals surface area (Å²) in [5.41, 5.74) is 5.02. The van der Waals surface area contributed by atoms with Crippen LogP contribution in [0.5, 0.6) is 0 Å². The topological polar surface area (TPSA) is 89.6 Å². The fraction of sp³-hybridized carbons (Fsp3) is 0.667. The molecule has 5 nitrogen and oxygen atoms in total. The van der Waals surface area contributed by atoms with Crippen molar-refractivity contribution in [3.8, 4) is 0 Å². The monoisotopic (exact) mass is 219 g/mol. The van der Waals surface area contributed by atoms with Crippen molar-refractivity contribution in [1.29, 1.82) is 0 Å². The van der Waals surface area contributed by atoms with Crippen LogP contribution in [0.25, 0.3) is 0 Å². The molecule has 0 heterocycles. The van der Waals surface area contributed by atoms with Crippen molar-refractivity contribution in [3.63, 3.8) is 0 Å². The summed E-state index contributed by atoms with van der Waals surface area (Å²) in [7, 11) is -3.66. The molecule has 0 fully saturated rings. The van der Waals surface area contributed by atoms with Gasteiger partial charge < -0.3 is 12.3 Å². The van der Waals surface area contributed by atoms with Crippen LogP contribution in [-0.4, -0.2) is 38.5 Å². The molecule has 74 valence electrons. The van der Waals surface area contributed by atoms with E-state index in [1.54, 1.807) is 0 Å². The van der Waals surface area contributed by atoms with Crippen LogP contribution in [0.15, 0.2) is 12.7 Å². The van der Waals surface area contributed by atoms with Crippen LogP contribution in [0, 0.1) is 0 Å². The maximum atomic E-state index is 10.9. The first-order valence-corrected chi connectivity index (χ1v) is 4.95. The molecule has 0 aliphatic carbocycles. The zero-order valence-electron chi connectivity index (χ0n) is 8.64. The molecular formula is C6H14NNaO4S. The van der Waals surface area contributed by atoms with Crippen molar-refractivity contribution in [1.82, 2.24) is 0 Å². The van der Waals surface area contributed by atoms with Gasteiger partial charge in [-0.1, -0.05) is 6.08 Å². The average molecular weight is 219 g/mol. The summed E-state index contributed by atoms with van der Waals surface area (Å²) in [6.45, 7) is 3.10. The minimum absolute atomic E-state index is 0. The first-order valence-electron chi connectivity index (χ1n) is 3.38. The molecule has 0 aromatic rings. The van der Waals surface area contributed by atoms with E-state index >= 15 is 0 Å². The SMILES string of the molecule is C=CCOS(=O)(=O)CC(O)CN.[H-].[Na+]. The third-order valence-corrected chi connectivity index (χ3v) is 2.32. The van der Waals surface area contributed by atoms with Crippen molar-refractivity contribution >= 4 is 10.1 Å². The molecule has 0 aromatic heterocycles. The van der Waals surface area contributed by atoms with E-state index in [4.69, 9.17) is 10.8 Å². The molecule has 0 radical (unpaired) electrons. The minimum Gasteiger partial charge on any atom is -1.00 e. The van der Waals surface area contributed by atoms with E-state index in [0.717, 1.165) is 0 Å². The van der Waals surface area contributed by atoms with Crippen LogP contribution in [0.1, 0.15) is 1.43 Å². The molecule has 0 bridgehead atoms. The molecule has 0 spiro atoms. The van der Waals surface area contributed by atoms with Gasteiger partial charge in [-0.05, 0) is 0 Å². The zero-order valence-corrected chi connectivity index (χ0v) is 10.5. The van der Waals surface area contributed by atoms with E-state index in [-0.39, 0.29) is 44.1 Å². The van der Waals surface area contributed by atoms with Crippen molar-refractivity contribution in [2.24, 2.45) is 5.73 Å². The minimum atomic E-state index is -3.66. The quantitative estimate of drug-likeness (QED) is 0.270. The van der Waals surface area contributed by atoms with Gasteiger partial charge in [-0.25, -0.2) is 0 Å². The number of aliphatic hydroxyl groups excluding tert-OH is 1. The summed E-state index contributed by atoms with van der Waals surface area (Å²) in [5.74, 6) is -0.475. The second-order valence-corrected chi connectivity index (χ2v) is 3.87. The Morgan fingerprint density at radius 2 is 2.23 bits per heavy atom. The standard InChI is InChI=1S/C6H13NO4S.Na.H/c1-2-3-11-12(9,10)5-6(8)4-7;;/h2,6,8H,1,3-5,7H2;;/q;+1;-1. The van der Waals surface area contributed by atoms with Gasteiger partial charge in [0.1, 0.15) is 5.75 Å². The van der Waals surface area contributed by atoms with Crippen LogP contribution in [-0.2, 0) is 14.3 Å². The Hall–Kier alpha value is 0.570. The molecule has 0 aliphatic heterocycles. The molecule has 3 N–H and O–H groups in total. The number of rotatable bonds is 6. The third-order valence-electron chi connectivity index (χ3n) is 1.03. The van der Waals surface area contributed by atoms with E-state index in [1.165, 1.54) is 6.08 Å². The van der Waals surface area contributed by atoms with Gasteiger partial charge in [0.05, 0.1) is 12.7 Å². The molecule has 0 aliphatic rings. The zero-order chi connectivity index (χ0) is 9.61. The van der Waals surface area contributed by atoms with Crippen LogP contribution >= 0.6 is 0 Å². The number of aliphatic hydroxyl groups is 1. The Bertz CT molecular complexity index is 234. The predicted octanol–water partition coefficient (Wildman–Crippen LogP) is -4.05. The number of hydrogen-bond acceptors (Lipinski definition) is 5. The molecule has 0 aromatic carbocycles. The van der Waals surface area contributed by atoms with Gasteiger partial charge in [0.15, 0.2) is 0 Å². The number of nitrogens with two attached hydrogens (primary N) is 1. The Morgan fingerprint density at radius 3 is 2.62 bits per heavy atom. The molecule has 13 heavy (non-hydrogen) atoms. The van der Waals surface area contributed by atoms with Crippen LogP contribution in [0.3, 0.4) is 0 Å². The molecular weight excluding hydrogens is 205 g/mol. The molecule has 0 saturated carbocycles. The number of hydrogen-bond donors (Lipinski definition) is 2. The second kappa shape index (κ2) is 7.93. The van der Waals surface area contributed by atoms with Crippen LogP contribution in [0.4, 0.5) is 0 Å². The van der Waals surface area contributed by atoms with Gasteiger partial charge in [0, 0.05) is 6.54 Å². The summed E-state index contributed by atoms with van der Waals surface area (Å²) in [4.78, 5) is 0. The van der Waals surface area contributed by atoms with E-state index in [0.29, 0.717) is 0 Å². The van der Waals surface area contributed by atoms with Crippen LogP contribution in [0.2, 0.25) is 0 Å². The molecule has 1 atom stereocenters. The predicted molar refractivity (Wildman–Crippen MR) is 46.1 cm³/mol. The Kier molecular flexibility index (Phi) is 9.77. The van der Waals surface area contributed by atoms with Crippen molar-refractivity contribution in [3.05, 3.63) is 12.7 Å². The van der Waals surface area contributed by atoms with E-state index in [9.17, 15) is 8.42 Å². The Morgan fingerprint density at radius 1 is 1.69 bits per heavy atom. The largest absolute Gasteiger partial charge is 1.00 e. The van der Waals surface area contributed by atoms with Gasteiger partial charge >= 0.3 is 29.6 Å². The maximum absolute atomic E-state index is 10.9. The summed E-state index contributed by atoms with van der Waals surface area (Å²) in [5, 5.41) is 8.88. The Labute approximate surface area is 102 Å². The molecule has 7 heteroatoms. The Balaban J connectivity index is -0.000000605.